The Morgan fingerprint density at radius 2 is 1.16 bits per heavy atom. The molecule has 3 aromatic rings. The summed E-state index contributed by atoms with van der Waals surface area (Å²) in [5.74, 6) is 2.31. The zero-order chi connectivity index (χ0) is 27.7. The Balaban J connectivity index is 1.89. The average Bonchev–Trinajstić information content (AvgIpc) is 2.93. The lowest BCUT2D eigenvalue weighted by Gasteiger charge is -2.14. The number of carbonyl (C=O) groups is 1. The third kappa shape index (κ3) is 6.50. The number of phenolic OH excluding ortho intramolecular Hbond substituents is 1. The van der Waals surface area contributed by atoms with Crippen LogP contribution < -0.4 is 33.7 Å². The number of methoxy groups -OCH3 is 6. The first kappa shape index (κ1) is 27.8. The molecule has 0 saturated heterocycles. The fraction of sp³-hybridized carbons (Fsp3) is 0.207. The highest BCUT2D eigenvalue weighted by molar-refractivity contribution is 6.03. The van der Waals surface area contributed by atoms with E-state index in [1.807, 2.05) is 24.3 Å². The number of hydrogen-bond acceptors (Lipinski definition) is 8. The summed E-state index contributed by atoms with van der Waals surface area (Å²) in [5.41, 5.74) is 2.61. The number of amides is 1. The third-order valence-corrected chi connectivity index (χ3v) is 5.54. The highest BCUT2D eigenvalue weighted by Gasteiger charge is 2.15. The fourth-order valence-corrected chi connectivity index (χ4v) is 3.72. The summed E-state index contributed by atoms with van der Waals surface area (Å²) in [6.07, 6.45) is 6.65. The van der Waals surface area contributed by atoms with Crippen molar-refractivity contribution < 1.29 is 38.3 Å². The molecule has 0 aromatic heterocycles. The SMILES string of the molecule is COc1ccc(/C=C/C(=O)Nc2cc(/C=C/c3cc(OC)c(OC)c(OC)c3)cc(OC)c2OC)cc1O. The molecule has 9 heteroatoms. The van der Waals surface area contributed by atoms with Crippen LogP contribution in [0.2, 0.25) is 0 Å². The molecule has 2 N–H and O–H groups in total. The van der Waals surface area contributed by atoms with E-state index in [9.17, 15) is 9.90 Å². The van der Waals surface area contributed by atoms with Crippen LogP contribution in [0.15, 0.2) is 48.5 Å². The topological polar surface area (TPSA) is 105 Å². The Bertz CT molecular complexity index is 1320. The van der Waals surface area contributed by atoms with Crippen molar-refractivity contribution in [1.82, 2.24) is 0 Å². The molecular weight excluding hydrogens is 490 g/mol. The number of aromatic hydroxyl groups is 1. The van der Waals surface area contributed by atoms with Crippen molar-refractivity contribution >= 4 is 29.8 Å². The molecule has 0 aliphatic heterocycles. The molecule has 3 rings (SSSR count). The van der Waals surface area contributed by atoms with E-state index >= 15 is 0 Å². The van der Waals surface area contributed by atoms with Gasteiger partial charge in [-0.1, -0.05) is 18.2 Å². The highest BCUT2D eigenvalue weighted by Crippen LogP contribution is 2.40. The maximum atomic E-state index is 12.7. The number of hydrogen-bond donors (Lipinski definition) is 2. The van der Waals surface area contributed by atoms with Crippen LogP contribution in [0.3, 0.4) is 0 Å². The average molecular weight is 522 g/mol. The predicted octanol–water partition coefficient (Wildman–Crippen LogP) is 5.27. The van der Waals surface area contributed by atoms with E-state index in [0.29, 0.717) is 45.7 Å². The molecule has 0 atom stereocenters. The first-order chi connectivity index (χ1) is 18.4. The molecule has 9 nitrogen and oxygen atoms in total. The van der Waals surface area contributed by atoms with Gasteiger partial charge in [-0.2, -0.15) is 0 Å². The summed E-state index contributed by atoms with van der Waals surface area (Å²) in [4.78, 5) is 12.7. The summed E-state index contributed by atoms with van der Waals surface area (Å²) in [6.45, 7) is 0. The molecule has 0 radical (unpaired) electrons. The van der Waals surface area contributed by atoms with Gasteiger partial charge in [0.15, 0.2) is 34.5 Å². The molecule has 0 fully saturated rings. The standard InChI is InChI=1S/C29H31NO8/c1-33-23-11-9-18(14-22(23)31)10-12-27(32)30-21-13-19(15-24(34-2)28(21)37-5)7-8-20-16-25(35-3)29(38-6)26(17-20)36-4/h7-17,31H,1-6H3,(H,30,32)/b8-7+,12-10+. The number of benzene rings is 3. The summed E-state index contributed by atoms with van der Waals surface area (Å²) in [7, 11) is 9.14. The molecule has 1 amide bonds. The first-order valence-corrected chi connectivity index (χ1v) is 11.5. The third-order valence-electron chi connectivity index (χ3n) is 5.54. The molecule has 0 aliphatic rings. The normalized spacial score (nSPS) is 10.9. The number of anilines is 1. The van der Waals surface area contributed by atoms with Gasteiger partial charge in [0, 0.05) is 6.08 Å². The monoisotopic (exact) mass is 521 g/mol. The quantitative estimate of drug-likeness (QED) is 0.260. The Hall–Kier alpha value is -4.79. The minimum atomic E-state index is -0.397. The maximum absolute atomic E-state index is 12.7. The minimum Gasteiger partial charge on any atom is -0.504 e. The van der Waals surface area contributed by atoms with Crippen LogP contribution in [0.4, 0.5) is 5.69 Å². The molecule has 0 bridgehead atoms. The van der Waals surface area contributed by atoms with Crippen LogP contribution >= 0.6 is 0 Å². The van der Waals surface area contributed by atoms with E-state index in [4.69, 9.17) is 28.4 Å². The van der Waals surface area contributed by atoms with Crippen LogP contribution in [0.25, 0.3) is 18.2 Å². The zero-order valence-corrected chi connectivity index (χ0v) is 22.2. The number of carbonyl (C=O) groups excluding carboxylic acids is 1. The lowest BCUT2D eigenvalue weighted by Crippen LogP contribution is -2.09. The van der Waals surface area contributed by atoms with Gasteiger partial charge in [-0.3, -0.25) is 4.79 Å². The summed E-state index contributed by atoms with van der Waals surface area (Å²) in [5, 5.41) is 12.8. The Kier molecular flexibility index (Phi) is 9.48. The Labute approximate surface area is 221 Å². The van der Waals surface area contributed by atoms with Crippen LogP contribution in [-0.2, 0) is 4.79 Å². The molecule has 0 heterocycles. The van der Waals surface area contributed by atoms with Crippen molar-refractivity contribution in [2.75, 3.05) is 48.0 Å². The van der Waals surface area contributed by atoms with E-state index in [1.165, 1.54) is 33.5 Å². The van der Waals surface area contributed by atoms with Gasteiger partial charge in [0.05, 0.1) is 48.3 Å². The number of nitrogens with one attached hydrogen (secondary N) is 1. The van der Waals surface area contributed by atoms with Gasteiger partial charge >= 0.3 is 0 Å². The molecule has 0 saturated carbocycles. The Morgan fingerprint density at radius 1 is 0.632 bits per heavy atom. The molecule has 0 aliphatic carbocycles. The lowest BCUT2D eigenvalue weighted by molar-refractivity contribution is -0.111. The second-order valence-corrected chi connectivity index (χ2v) is 7.85. The highest BCUT2D eigenvalue weighted by atomic mass is 16.5. The Morgan fingerprint density at radius 3 is 1.66 bits per heavy atom. The fourth-order valence-electron chi connectivity index (χ4n) is 3.72. The van der Waals surface area contributed by atoms with E-state index in [1.54, 1.807) is 51.7 Å². The molecular formula is C29H31NO8. The second kappa shape index (κ2) is 13.0. The van der Waals surface area contributed by atoms with E-state index in [2.05, 4.69) is 5.32 Å². The lowest BCUT2D eigenvalue weighted by atomic mass is 10.1. The van der Waals surface area contributed by atoms with Gasteiger partial charge in [-0.25, -0.2) is 0 Å². The van der Waals surface area contributed by atoms with Crippen LogP contribution in [0.1, 0.15) is 16.7 Å². The van der Waals surface area contributed by atoms with Crippen molar-refractivity contribution in [2.45, 2.75) is 0 Å². The summed E-state index contributed by atoms with van der Waals surface area (Å²) >= 11 is 0. The largest absolute Gasteiger partial charge is 0.504 e. The zero-order valence-electron chi connectivity index (χ0n) is 22.2. The maximum Gasteiger partial charge on any atom is 0.248 e. The minimum absolute atomic E-state index is 0.0203. The molecule has 0 spiro atoms. The van der Waals surface area contributed by atoms with Gasteiger partial charge in [0.25, 0.3) is 0 Å². The van der Waals surface area contributed by atoms with Gasteiger partial charge < -0.3 is 38.8 Å². The number of ether oxygens (including phenoxy) is 6. The van der Waals surface area contributed by atoms with Crippen molar-refractivity contribution in [2.24, 2.45) is 0 Å². The number of rotatable bonds is 11. The van der Waals surface area contributed by atoms with Crippen molar-refractivity contribution in [1.29, 1.82) is 0 Å². The van der Waals surface area contributed by atoms with Crippen molar-refractivity contribution in [3.05, 3.63) is 65.2 Å². The molecule has 38 heavy (non-hydrogen) atoms. The summed E-state index contributed by atoms with van der Waals surface area (Å²) < 4.78 is 32.3. The van der Waals surface area contributed by atoms with E-state index in [-0.39, 0.29) is 5.75 Å². The van der Waals surface area contributed by atoms with Gasteiger partial charge in [0.2, 0.25) is 11.7 Å². The summed E-state index contributed by atoms with van der Waals surface area (Å²) in [6, 6.07) is 12.0. The predicted molar refractivity (Wildman–Crippen MR) is 147 cm³/mol. The molecule has 3 aromatic carbocycles. The van der Waals surface area contributed by atoms with Crippen LogP contribution in [0, 0.1) is 0 Å². The molecule has 200 valence electrons. The van der Waals surface area contributed by atoms with Gasteiger partial charge in [-0.05, 0) is 59.2 Å². The van der Waals surface area contributed by atoms with Gasteiger partial charge in [0.1, 0.15) is 0 Å². The van der Waals surface area contributed by atoms with Crippen molar-refractivity contribution in [3.8, 4) is 40.2 Å². The number of phenols is 1. The van der Waals surface area contributed by atoms with E-state index < -0.39 is 5.91 Å². The van der Waals surface area contributed by atoms with Crippen molar-refractivity contribution in [3.63, 3.8) is 0 Å². The van der Waals surface area contributed by atoms with Gasteiger partial charge in [-0.15, -0.1) is 0 Å². The van der Waals surface area contributed by atoms with Crippen LogP contribution in [0.5, 0.6) is 40.2 Å². The smallest absolute Gasteiger partial charge is 0.248 e. The van der Waals surface area contributed by atoms with E-state index in [0.717, 1.165) is 11.1 Å². The first-order valence-electron chi connectivity index (χ1n) is 11.5. The second-order valence-electron chi connectivity index (χ2n) is 7.85. The molecule has 0 unspecified atom stereocenters. The van der Waals surface area contributed by atoms with Crippen LogP contribution in [-0.4, -0.2) is 53.7 Å².